The molecule has 0 fully saturated rings. The molecule has 0 aliphatic heterocycles. The highest BCUT2D eigenvalue weighted by Crippen LogP contribution is 2.16. The number of rotatable bonds is 5. The topological polar surface area (TPSA) is 50.6 Å². The number of hydrogen-bond donors (Lipinski definition) is 2. The van der Waals surface area contributed by atoms with Gasteiger partial charge in [-0.2, -0.15) is 0 Å². The van der Waals surface area contributed by atoms with Gasteiger partial charge >= 0.3 is 0 Å². The standard InChI is InChI=1S/C12H20N2O2S/c1-10-5-6-11(2)12(9-10)17(15,16)13-7-8-14(3)4/h5-6,9,13H,7-8H2,1-4H3/p+1. The molecule has 0 radical (unpaired) electrons. The van der Waals surface area contributed by atoms with E-state index in [9.17, 15) is 8.42 Å². The summed E-state index contributed by atoms with van der Waals surface area (Å²) >= 11 is 0. The van der Waals surface area contributed by atoms with Crippen LogP contribution in [0.4, 0.5) is 0 Å². The zero-order valence-electron chi connectivity index (χ0n) is 10.9. The number of nitrogens with one attached hydrogen (secondary N) is 2. The molecule has 0 amide bonds. The highest BCUT2D eigenvalue weighted by atomic mass is 32.2. The van der Waals surface area contributed by atoms with Gasteiger partial charge in [0.15, 0.2) is 0 Å². The second kappa shape index (κ2) is 5.62. The molecule has 0 aromatic heterocycles. The van der Waals surface area contributed by atoms with Gasteiger partial charge in [-0.05, 0) is 31.0 Å². The van der Waals surface area contributed by atoms with Gasteiger partial charge in [0.2, 0.25) is 10.0 Å². The largest absolute Gasteiger partial charge is 0.339 e. The molecule has 0 aliphatic rings. The Morgan fingerprint density at radius 2 is 1.88 bits per heavy atom. The first-order valence-corrected chi connectivity index (χ1v) is 7.17. The maximum Gasteiger partial charge on any atom is 0.241 e. The second-order valence-corrected chi connectivity index (χ2v) is 6.36. The molecule has 5 heteroatoms. The third-order valence-corrected chi connectivity index (χ3v) is 4.15. The van der Waals surface area contributed by atoms with E-state index in [1.54, 1.807) is 6.07 Å². The summed E-state index contributed by atoms with van der Waals surface area (Å²) in [5, 5.41) is 0. The summed E-state index contributed by atoms with van der Waals surface area (Å²) in [6.07, 6.45) is 0. The third kappa shape index (κ3) is 4.11. The molecule has 0 spiro atoms. The lowest BCUT2D eigenvalue weighted by Crippen LogP contribution is -3.06. The molecule has 1 aromatic carbocycles. The lowest BCUT2D eigenvalue weighted by Gasteiger charge is -2.11. The van der Waals surface area contributed by atoms with Gasteiger partial charge in [-0.15, -0.1) is 0 Å². The normalized spacial score (nSPS) is 12.1. The highest BCUT2D eigenvalue weighted by Gasteiger charge is 2.16. The van der Waals surface area contributed by atoms with E-state index in [1.807, 2.05) is 40.1 Å². The van der Waals surface area contributed by atoms with Gasteiger partial charge in [-0.25, -0.2) is 13.1 Å². The fourth-order valence-electron chi connectivity index (χ4n) is 1.51. The Morgan fingerprint density at radius 3 is 2.47 bits per heavy atom. The van der Waals surface area contributed by atoms with Crippen LogP contribution < -0.4 is 9.62 Å². The van der Waals surface area contributed by atoms with Gasteiger partial charge in [-0.1, -0.05) is 12.1 Å². The van der Waals surface area contributed by atoms with Crippen molar-refractivity contribution in [2.24, 2.45) is 0 Å². The first-order chi connectivity index (χ1) is 7.83. The van der Waals surface area contributed by atoms with Gasteiger partial charge in [0.25, 0.3) is 0 Å². The third-order valence-electron chi connectivity index (χ3n) is 2.55. The molecular formula is C12H21N2O2S+. The molecule has 0 bridgehead atoms. The molecule has 2 N–H and O–H groups in total. The lowest BCUT2D eigenvalue weighted by molar-refractivity contribution is -0.856. The Kier molecular flexibility index (Phi) is 4.68. The first-order valence-electron chi connectivity index (χ1n) is 5.69. The van der Waals surface area contributed by atoms with E-state index in [4.69, 9.17) is 0 Å². The van der Waals surface area contributed by atoms with Gasteiger partial charge in [0, 0.05) is 0 Å². The molecule has 96 valence electrons. The van der Waals surface area contributed by atoms with Crippen LogP contribution in [0.5, 0.6) is 0 Å². The average molecular weight is 257 g/mol. The van der Waals surface area contributed by atoms with Crippen LogP contribution in [0.3, 0.4) is 0 Å². The molecule has 1 aromatic rings. The van der Waals surface area contributed by atoms with Crippen LogP contribution in [0.15, 0.2) is 23.1 Å². The maximum absolute atomic E-state index is 12.1. The van der Waals surface area contributed by atoms with Crippen molar-refractivity contribution in [3.8, 4) is 0 Å². The zero-order valence-corrected chi connectivity index (χ0v) is 11.7. The van der Waals surface area contributed by atoms with Crippen molar-refractivity contribution in [1.29, 1.82) is 0 Å². The summed E-state index contributed by atoms with van der Waals surface area (Å²) in [7, 11) is 0.612. The number of sulfonamides is 1. The highest BCUT2D eigenvalue weighted by molar-refractivity contribution is 7.89. The minimum atomic E-state index is -3.37. The van der Waals surface area contributed by atoms with E-state index in [0.29, 0.717) is 11.4 Å². The van der Waals surface area contributed by atoms with E-state index < -0.39 is 10.0 Å². The van der Waals surface area contributed by atoms with Gasteiger partial charge in [0.1, 0.15) is 0 Å². The maximum atomic E-state index is 12.1. The van der Waals surface area contributed by atoms with Crippen LogP contribution in [0.2, 0.25) is 0 Å². The van der Waals surface area contributed by atoms with Crippen molar-refractivity contribution in [2.75, 3.05) is 27.2 Å². The van der Waals surface area contributed by atoms with Crippen molar-refractivity contribution in [2.45, 2.75) is 18.7 Å². The van der Waals surface area contributed by atoms with Gasteiger partial charge in [0.05, 0.1) is 32.1 Å². The Balaban J connectivity index is 2.86. The molecule has 17 heavy (non-hydrogen) atoms. The lowest BCUT2D eigenvalue weighted by atomic mass is 10.2. The van der Waals surface area contributed by atoms with E-state index in [0.717, 1.165) is 17.7 Å². The quantitative estimate of drug-likeness (QED) is 0.763. The summed E-state index contributed by atoms with van der Waals surface area (Å²) in [6.45, 7) is 4.93. The van der Waals surface area contributed by atoms with E-state index in [-0.39, 0.29) is 0 Å². The van der Waals surface area contributed by atoms with E-state index in [1.165, 1.54) is 4.90 Å². The van der Waals surface area contributed by atoms with E-state index >= 15 is 0 Å². The molecular weight excluding hydrogens is 236 g/mol. The van der Waals surface area contributed by atoms with Crippen LogP contribution in [-0.2, 0) is 10.0 Å². The van der Waals surface area contributed by atoms with Crippen molar-refractivity contribution >= 4 is 10.0 Å². The predicted molar refractivity (Wildman–Crippen MR) is 68.8 cm³/mol. The Morgan fingerprint density at radius 1 is 1.24 bits per heavy atom. The molecule has 1 rings (SSSR count). The summed E-state index contributed by atoms with van der Waals surface area (Å²) < 4.78 is 26.8. The summed E-state index contributed by atoms with van der Waals surface area (Å²) in [4.78, 5) is 1.60. The fraction of sp³-hybridized carbons (Fsp3) is 0.500. The Bertz CT molecular complexity index is 481. The summed E-state index contributed by atoms with van der Waals surface area (Å²) in [6, 6.07) is 5.46. The summed E-state index contributed by atoms with van der Waals surface area (Å²) in [5.41, 5.74) is 1.73. The number of likely N-dealkylation sites (N-methyl/N-ethyl adjacent to an activating group) is 1. The van der Waals surface area contributed by atoms with E-state index in [2.05, 4.69) is 4.72 Å². The average Bonchev–Trinajstić information content (AvgIpc) is 2.20. The van der Waals surface area contributed by atoms with Gasteiger partial charge < -0.3 is 4.90 Å². The molecule has 0 saturated carbocycles. The van der Waals surface area contributed by atoms with Gasteiger partial charge in [-0.3, -0.25) is 0 Å². The van der Waals surface area contributed by atoms with Crippen LogP contribution in [0.25, 0.3) is 0 Å². The van der Waals surface area contributed by atoms with Crippen LogP contribution >= 0.6 is 0 Å². The molecule has 0 atom stereocenters. The van der Waals surface area contributed by atoms with Crippen LogP contribution in [-0.4, -0.2) is 35.6 Å². The zero-order chi connectivity index (χ0) is 13.1. The SMILES string of the molecule is Cc1ccc(C)c(S(=O)(=O)NCC[NH+](C)C)c1. The van der Waals surface area contributed by atoms with Crippen molar-refractivity contribution in [1.82, 2.24) is 4.72 Å². The molecule has 0 unspecified atom stereocenters. The molecule has 0 aliphatic carbocycles. The summed E-state index contributed by atoms with van der Waals surface area (Å²) in [5.74, 6) is 0. The van der Waals surface area contributed by atoms with Crippen LogP contribution in [0.1, 0.15) is 11.1 Å². The van der Waals surface area contributed by atoms with Crippen molar-refractivity contribution in [3.63, 3.8) is 0 Å². The second-order valence-electron chi connectivity index (χ2n) is 4.62. The van der Waals surface area contributed by atoms with Crippen molar-refractivity contribution in [3.05, 3.63) is 29.3 Å². The van der Waals surface area contributed by atoms with Crippen LogP contribution in [0, 0.1) is 13.8 Å². The predicted octanol–water partition coefficient (Wildman–Crippen LogP) is -0.274. The molecule has 0 heterocycles. The molecule has 0 saturated heterocycles. The van der Waals surface area contributed by atoms with Crippen molar-refractivity contribution < 1.29 is 13.3 Å². The number of benzene rings is 1. The fourth-order valence-corrected chi connectivity index (χ4v) is 2.87. The Hall–Kier alpha value is -0.910. The smallest absolute Gasteiger partial charge is 0.241 e. The minimum Gasteiger partial charge on any atom is -0.339 e. The number of hydrogen-bond acceptors (Lipinski definition) is 2. The number of quaternary nitrogens is 1. The number of aryl methyl sites for hydroxylation is 2. The minimum absolute atomic E-state index is 0.381. The Labute approximate surface area is 104 Å². The molecule has 4 nitrogen and oxygen atoms in total. The monoisotopic (exact) mass is 257 g/mol. The first kappa shape index (κ1) is 14.2.